The molecule has 0 unspecified atom stereocenters. The molecule has 186 valence electrons. The molecule has 0 bridgehead atoms. The highest BCUT2D eigenvalue weighted by Crippen LogP contribution is 2.33. The fourth-order valence-electron chi connectivity index (χ4n) is 2.87. The van der Waals surface area contributed by atoms with E-state index in [1.807, 2.05) is 50.3 Å². The van der Waals surface area contributed by atoms with Crippen LogP contribution < -0.4 is 4.74 Å². The first-order valence-electron chi connectivity index (χ1n) is 10.9. The lowest BCUT2D eigenvalue weighted by Crippen LogP contribution is -2.26. The molecule has 2 rings (SSSR count). The highest BCUT2D eigenvalue weighted by molar-refractivity contribution is 8.01. The van der Waals surface area contributed by atoms with Gasteiger partial charge in [0.15, 0.2) is 0 Å². The number of carbonyl (C=O) groups is 1. The summed E-state index contributed by atoms with van der Waals surface area (Å²) in [5, 5.41) is 9.24. The second kappa shape index (κ2) is 12.0. The maximum atomic E-state index is 12.8. The molecule has 0 atom stereocenters. The van der Waals surface area contributed by atoms with Gasteiger partial charge in [0.25, 0.3) is 0 Å². The van der Waals surface area contributed by atoms with E-state index in [1.165, 1.54) is 23.9 Å². The molecule has 0 saturated heterocycles. The van der Waals surface area contributed by atoms with Crippen LogP contribution in [-0.4, -0.2) is 22.4 Å². The van der Waals surface area contributed by atoms with Crippen molar-refractivity contribution in [3.8, 4) is 5.75 Å². The Labute approximate surface area is 208 Å². The summed E-state index contributed by atoms with van der Waals surface area (Å²) < 4.78 is 43.2. The monoisotopic (exact) mass is 502 g/mol. The predicted octanol–water partition coefficient (Wildman–Crippen LogP) is 8.20. The fraction of sp³-hybridized carbons (Fsp3) is 0.250. The summed E-state index contributed by atoms with van der Waals surface area (Å²) in [5.41, 5.74) is 2.44. The van der Waals surface area contributed by atoms with Gasteiger partial charge in [-0.3, -0.25) is 4.79 Å². The van der Waals surface area contributed by atoms with E-state index in [-0.39, 0.29) is 0 Å². The maximum absolute atomic E-state index is 12.8. The number of thioether (sulfide) groups is 1. The Balaban J connectivity index is 1.94. The number of aliphatic carboxylic acids is 1. The van der Waals surface area contributed by atoms with E-state index in [0.717, 1.165) is 33.7 Å². The minimum absolute atomic E-state index is 0.321. The molecule has 2 aromatic carbocycles. The lowest BCUT2D eigenvalue weighted by atomic mass is 10.0. The number of ether oxygens (including phenoxy) is 1. The second-order valence-corrected chi connectivity index (χ2v) is 9.96. The van der Waals surface area contributed by atoms with Crippen molar-refractivity contribution < 1.29 is 27.8 Å². The molecule has 0 radical (unpaired) electrons. The molecule has 0 aliphatic rings. The number of allylic oxidation sites excluding steroid dienone is 6. The molecule has 0 aliphatic carbocycles. The van der Waals surface area contributed by atoms with Crippen LogP contribution >= 0.6 is 11.8 Å². The summed E-state index contributed by atoms with van der Waals surface area (Å²) in [5.74, 6) is -0.218. The van der Waals surface area contributed by atoms with E-state index in [2.05, 4.69) is 6.58 Å². The maximum Gasteiger partial charge on any atom is 0.416 e. The molecule has 0 aromatic heterocycles. The van der Waals surface area contributed by atoms with Gasteiger partial charge in [-0.25, -0.2) is 0 Å². The first-order chi connectivity index (χ1) is 16.3. The second-order valence-electron chi connectivity index (χ2n) is 8.26. The summed E-state index contributed by atoms with van der Waals surface area (Å²) in [7, 11) is 0. The van der Waals surface area contributed by atoms with Crippen LogP contribution in [0.5, 0.6) is 5.75 Å². The van der Waals surface area contributed by atoms with Gasteiger partial charge in [0.1, 0.15) is 17.1 Å². The zero-order valence-corrected chi connectivity index (χ0v) is 21.0. The number of alkyl halides is 3. The SMILES string of the molecule is C=C(/C=C\C(=C/C)c1ccc(C(F)(F)F)cc1)/C(C)=C/COc1ccc(SC(C)(C)C(=O)O)cc1. The Kier molecular flexibility index (Phi) is 9.60. The minimum Gasteiger partial charge on any atom is -0.490 e. The Morgan fingerprint density at radius 3 is 2.17 bits per heavy atom. The Morgan fingerprint density at radius 2 is 1.66 bits per heavy atom. The minimum atomic E-state index is -4.36. The number of carboxylic acid groups (broad SMARTS) is 1. The van der Waals surface area contributed by atoms with E-state index < -0.39 is 22.5 Å². The Bertz CT molecular complexity index is 1120. The van der Waals surface area contributed by atoms with E-state index in [0.29, 0.717) is 17.9 Å². The molecule has 0 amide bonds. The molecule has 1 N–H and O–H groups in total. The quantitative estimate of drug-likeness (QED) is 0.263. The lowest BCUT2D eigenvalue weighted by Gasteiger charge is -2.18. The summed E-state index contributed by atoms with van der Waals surface area (Å²) in [6, 6.07) is 12.3. The third kappa shape index (κ3) is 8.51. The number of halogens is 3. The van der Waals surface area contributed by atoms with Crippen molar-refractivity contribution in [3.05, 3.63) is 102 Å². The zero-order chi connectivity index (χ0) is 26.2. The van der Waals surface area contributed by atoms with Crippen molar-refractivity contribution >= 4 is 23.3 Å². The molecule has 2 aromatic rings. The van der Waals surface area contributed by atoms with Gasteiger partial charge in [0, 0.05) is 4.90 Å². The highest BCUT2D eigenvalue weighted by Gasteiger charge is 2.30. The topological polar surface area (TPSA) is 46.5 Å². The summed E-state index contributed by atoms with van der Waals surface area (Å²) in [6.45, 7) is 11.4. The molecular formula is C28H29F3O3S. The van der Waals surface area contributed by atoms with Crippen molar-refractivity contribution in [3.63, 3.8) is 0 Å². The van der Waals surface area contributed by atoms with Gasteiger partial charge in [-0.05, 0) is 92.5 Å². The number of hydrogen-bond acceptors (Lipinski definition) is 3. The number of benzene rings is 2. The van der Waals surface area contributed by atoms with Gasteiger partial charge in [0.05, 0.1) is 5.56 Å². The standard InChI is InChI=1S/C28H29F3O3S/c1-6-21(22-9-11-23(12-10-22)28(29,30)31)8-7-19(2)20(3)17-18-34-24-13-15-25(16-14-24)35-27(4,5)26(32)33/h6-17H,2,18H2,1,3-5H3,(H,32,33)/b8-7-,20-17+,21-6+. The van der Waals surface area contributed by atoms with Gasteiger partial charge in [-0.1, -0.05) is 36.9 Å². The third-order valence-corrected chi connectivity index (χ3v) is 6.37. The van der Waals surface area contributed by atoms with Crippen LogP contribution in [0.15, 0.2) is 95.5 Å². The fourth-order valence-corrected chi connectivity index (χ4v) is 3.82. The van der Waals surface area contributed by atoms with Crippen molar-refractivity contribution in [1.29, 1.82) is 0 Å². The van der Waals surface area contributed by atoms with Crippen LogP contribution in [0.1, 0.15) is 38.8 Å². The molecule has 0 saturated carbocycles. The molecule has 0 spiro atoms. The van der Waals surface area contributed by atoms with Crippen molar-refractivity contribution in [1.82, 2.24) is 0 Å². The van der Waals surface area contributed by atoms with Gasteiger partial charge in [0.2, 0.25) is 0 Å². The highest BCUT2D eigenvalue weighted by atomic mass is 32.2. The molecule has 0 aliphatic heterocycles. The van der Waals surface area contributed by atoms with Gasteiger partial charge in [-0.2, -0.15) is 13.2 Å². The molecular weight excluding hydrogens is 473 g/mol. The average molecular weight is 503 g/mol. The Morgan fingerprint density at radius 1 is 1.06 bits per heavy atom. The first kappa shape index (κ1) is 28.1. The van der Waals surface area contributed by atoms with Crippen LogP contribution in [0.2, 0.25) is 0 Å². The van der Waals surface area contributed by atoms with Crippen LogP contribution in [-0.2, 0) is 11.0 Å². The number of carboxylic acids is 1. The Hall–Kier alpha value is -3.19. The molecule has 3 nitrogen and oxygen atoms in total. The zero-order valence-electron chi connectivity index (χ0n) is 20.1. The molecule has 0 fully saturated rings. The van der Waals surface area contributed by atoms with Crippen molar-refractivity contribution in [2.45, 2.75) is 43.5 Å². The molecule has 35 heavy (non-hydrogen) atoms. The number of hydrogen-bond donors (Lipinski definition) is 1. The van der Waals surface area contributed by atoms with Crippen LogP contribution in [0.25, 0.3) is 5.57 Å². The van der Waals surface area contributed by atoms with Crippen LogP contribution in [0.3, 0.4) is 0 Å². The summed E-state index contributed by atoms with van der Waals surface area (Å²) >= 11 is 1.26. The smallest absolute Gasteiger partial charge is 0.416 e. The van der Waals surface area contributed by atoms with Gasteiger partial charge >= 0.3 is 12.1 Å². The largest absolute Gasteiger partial charge is 0.490 e. The predicted molar refractivity (Wildman–Crippen MR) is 137 cm³/mol. The molecule has 7 heteroatoms. The van der Waals surface area contributed by atoms with Crippen molar-refractivity contribution in [2.24, 2.45) is 0 Å². The molecule has 0 heterocycles. The first-order valence-corrected chi connectivity index (χ1v) is 11.7. The van der Waals surface area contributed by atoms with E-state index >= 15 is 0 Å². The normalized spacial score (nSPS) is 13.2. The van der Waals surface area contributed by atoms with E-state index in [1.54, 1.807) is 26.0 Å². The lowest BCUT2D eigenvalue weighted by molar-refractivity contribution is -0.139. The third-order valence-electron chi connectivity index (χ3n) is 5.18. The van der Waals surface area contributed by atoms with Crippen LogP contribution in [0, 0.1) is 0 Å². The summed E-state index contributed by atoms with van der Waals surface area (Å²) in [6.07, 6.45) is 2.98. The van der Waals surface area contributed by atoms with Crippen molar-refractivity contribution in [2.75, 3.05) is 6.61 Å². The van der Waals surface area contributed by atoms with Gasteiger partial charge in [-0.15, -0.1) is 11.8 Å². The number of rotatable bonds is 10. The van der Waals surface area contributed by atoms with Gasteiger partial charge < -0.3 is 9.84 Å². The van der Waals surface area contributed by atoms with Crippen LogP contribution in [0.4, 0.5) is 13.2 Å². The van der Waals surface area contributed by atoms with E-state index in [9.17, 15) is 23.1 Å². The van der Waals surface area contributed by atoms with E-state index in [4.69, 9.17) is 4.74 Å². The average Bonchev–Trinajstić information content (AvgIpc) is 2.79. The summed E-state index contributed by atoms with van der Waals surface area (Å²) in [4.78, 5) is 12.1.